The van der Waals surface area contributed by atoms with Gasteiger partial charge in [0.25, 0.3) is 0 Å². The molecule has 0 aromatic rings. The highest BCUT2D eigenvalue weighted by Gasteiger charge is 2.72. The lowest BCUT2D eigenvalue weighted by Crippen LogP contribution is -2.71. The van der Waals surface area contributed by atoms with Gasteiger partial charge < -0.3 is 69.6 Å². The maximum absolute atomic E-state index is 12.5. The van der Waals surface area contributed by atoms with Gasteiger partial charge in [-0.15, -0.1) is 0 Å². The van der Waals surface area contributed by atoms with Gasteiger partial charge in [0.1, 0.15) is 49.3 Å². The van der Waals surface area contributed by atoms with Crippen molar-refractivity contribution in [2.45, 2.75) is 157 Å². The molecule has 0 spiro atoms. The van der Waals surface area contributed by atoms with Gasteiger partial charge in [-0.1, -0.05) is 13.8 Å². The summed E-state index contributed by atoms with van der Waals surface area (Å²) in [6.07, 6.45) is -10.6. The third-order valence-corrected chi connectivity index (χ3v) is 14.3. The molecule has 2 saturated heterocycles. The molecule has 3 aliphatic heterocycles. The molecule has 15 nitrogen and oxygen atoms in total. The van der Waals surface area contributed by atoms with Gasteiger partial charge in [-0.2, -0.15) is 0 Å². The van der Waals surface area contributed by atoms with Gasteiger partial charge in [0.15, 0.2) is 12.6 Å². The van der Waals surface area contributed by atoms with Crippen molar-refractivity contribution in [2.75, 3.05) is 13.2 Å². The fourth-order valence-corrected chi connectivity index (χ4v) is 11.4. The van der Waals surface area contributed by atoms with Crippen LogP contribution >= 0.6 is 0 Å². The Kier molecular flexibility index (Phi) is 9.57. The van der Waals surface area contributed by atoms with E-state index < -0.39 is 102 Å². The standard InChI is InChI=1S/C35H54O15/c1-15-29(50-31-27(42)25(40)24(39)21(13-36)49-31)26(41)28(43)30(47-15)48-17-4-7-32(2)23-19(5-8-34(32,44)11-17)35(45)9-6-18(16-10-22(38)46-14-16)33(35,3)12-20(23)37/h10,15,17-21,23-31,36-37,39-45H,4-9,11-14H2,1-3H3/t15?,17-,18+,19+,20+,21?,23+,24+,25?,26?,27+,28-,29-,30-,31?,32+,33+,34-,35-/m0/s1. The fraction of sp³-hybridized carbons (Fsp3) is 0.914. The van der Waals surface area contributed by atoms with Crippen LogP contribution in [0.5, 0.6) is 0 Å². The number of esters is 1. The molecule has 19 atom stereocenters. The van der Waals surface area contributed by atoms with E-state index in [1.54, 1.807) is 6.92 Å². The van der Waals surface area contributed by atoms with E-state index in [4.69, 9.17) is 23.7 Å². The second kappa shape index (κ2) is 12.9. The Morgan fingerprint density at radius 2 is 1.52 bits per heavy atom. The summed E-state index contributed by atoms with van der Waals surface area (Å²) >= 11 is 0. The molecule has 0 aromatic heterocycles. The highest BCUT2D eigenvalue weighted by molar-refractivity contribution is 5.85. The third-order valence-electron chi connectivity index (χ3n) is 14.3. The third kappa shape index (κ3) is 5.45. The van der Waals surface area contributed by atoms with Crippen LogP contribution in [-0.2, 0) is 28.5 Å². The first-order valence-corrected chi connectivity index (χ1v) is 18.1. The zero-order valence-corrected chi connectivity index (χ0v) is 28.8. The highest BCUT2D eigenvalue weighted by atomic mass is 16.7. The first-order chi connectivity index (χ1) is 23.5. The SMILES string of the molecule is CC1O[C@@H](O[C@H]2CC[C@]3(C)[C@H]4[C@H](O)C[C@]5(C)[C@@H](C6=CC(=O)OC6)CC[C@]5(O)[C@@H]4CC[C@]3(O)C2)[C@@H](O)C(O)[C@H]1OC1OC(CO)[C@@H](O)C(O)[C@H]1O. The van der Waals surface area contributed by atoms with Crippen LogP contribution in [0.4, 0.5) is 0 Å². The molecule has 6 fully saturated rings. The summed E-state index contributed by atoms with van der Waals surface area (Å²) in [6.45, 7) is 5.13. The maximum Gasteiger partial charge on any atom is 0.331 e. The zero-order chi connectivity index (χ0) is 36.1. The van der Waals surface area contributed by atoms with Gasteiger partial charge in [0.05, 0.1) is 36.1 Å². The number of cyclic esters (lactones) is 1. The minimum Gasteiger partial charge on any atom is -0.458 e. The number of hydrogen-bond acceptors (Lipinski definition) is 15. The highest BCUT2D eigenvalue weighted by Crippen LogP contribution is 2.70. The summed E-state index contributed by atoms with van der Waals surface area (Å²) < 4.78 is 28.5. The van der Waals surface area contributed by atoms with Crippen molar-refractivity contribution in [1.82, 2.24) is 0 Å². The van der Waals surface area contributed by atoms with E-state index >= 15 is 0 Å². The number of aliphatic hydroxyl groups is 9. The Bertz CT molecular complexity index is 1330. The fourth-order valence-electron chi connectivity index (χ4n) is 11.4. The lowest BCUT2D eigenvalue weighted by atomic mass is 9.41. The lowest BCUT2D eigenvalue weighted by Gasteiger charge is -2.67. The van der Waals surface area contributed by atoms with Crippen molar-refractivity contribution in [3.05, 3.63) is 11.6 Å². The molecule has 4 aliphatic carbocycles. The first kappa shape index (κ1) is 37.0. The summed E-state index contributed by atoms with van der Waals surface area (Å²) in [6, 6.07) is 0. The van der Waals surface area contributed by atoms with E-state index in [1.807, 2.05) is 13.8 Å². The molecule has 0 aromatic carbocycles. The Morgan fingerprint density at radius 1 is 0.820 bits per heavy atom. The second-order valence-electron chi connectivity index (χ2n) is 16.6. The van der Waals surface area contributed by atoms with E-state index in [9.17, 15) is 50.8 Å². The smallest absolute Gasteiger partial charge is 0.331 e. The van der Waals surface area contributed by atoms with E-state index in [-0.39, 0.29) is 36.8 Å². The molecular formula is C35H54O15. The summed E-state index contributed by atoms with van der Waals surface area (Å²) in [5, 5.41) is 98.9. The molecule has 3 heterocycles. The van der Waals surface area contributed by atoms with Crippen LogP contribution in [0.3, 0.4) is 0 Å². The van der Waals surface area contributed by atoms with Crippen LogP contribution in [0, 0.1) is 28.6 Å². The van der Waals surface area contributed by atoms with Gasteiger partial charge in [0.2, 0.25) is 0 Å². The van der Waals surface area contributed by atoms with Crippen molar-refractivity contribution >= 4 is 5.97 Å². The minimum absolute atomic E-state index is 0.0887. The zero-order valence-electron chi connectivity index (χ0n) is 28.8. The summed E-state index contributed by atoms with van der Waals surface area (Å²) in [5.74, 6) is -1.11. The van der Waals surface area contributed by atoms with Crippen LogP contribution in [0.2, 0.25) is 0 Å². The van der Waals surface area contributed by atoms with Crippen molar-refractivity contribution in [3.8, 4) is 0 Å². The first-order valence-electron chi connectivity index (χ1n) is 18.1. The quantitative estimate of drug-likeness (QED) is 0.111. The second-order valence-corrected chi connectivity index (χ2v) is 16.6. The molecule has 50 heavy (non-hydrogen) atoms. The van der Waals surface area contributed by atoms with Crippen LogP contribution in [-0.4, -0.2) is 150 Å². The number of aliphatic hydroxyl groups excluding tert-OH is 7. The molecule has 4 saturated carbocycles. The topological polar surface area (TPSA) is 245 Å². The number of rotatable bonds is 6. The number of carbonyl (C=O) groups is 1. The predicted octanol–water partition coefficient (Wildman–Crippen LogP) is -1.63. The number of hydrogen-bond donors (Lipinski definition) is 9. The number of carbonyl (C=O) groups excluding carboxylic acids is 1. The van der Waals surface area contributed by atoms with Crippen molar-refractivity contribution in [3.63, 3.8) is 0 Å². The molecular weight excluding hydrogens is 660 g/mol. The minimum atomic E-state index is -1.71. The molecule has 15 heteroatoms. The Hall–Kier alpha value is -1.31. The van der Waals surface area contributed by atoms with Gasteiger partial charge in [-0.3, -0.25) is 0 Å². The van der Waals surface area contributed by atoms with Crippen LogP contribution in [0.25, 0.3) is 0 Å². The number of ether oxygens (including phenoxy) is 5. The summed E-state index contributed by atoms with van der Waals surface area (Å²) in [4.78, 5) is 11.9. The molecule has 0 bridgehead atoms. The van der Waals surface area contributed by atoms with Crippen molar-refractivity contribution in [1.29, 1.82) is 0 Å². The predicted molar refractivity (Wildman–Crippen MR) is 168 cm³/mol. The van der Waals surface area contributed by atoms with E-state index in [1.165, 1.54) is 6.08 Å². The molecule has 0 radical (unpaired) electrons. The van der Waals surface area contributed by atoms with Crippen LogP contribution < -0.4 is 0 Å². The Balaban J connectivity index is 1.02. The molecule has 5 unspecified atom stereocenters. The number of fused-ring (bicyclic) bond motifs is 5. The average molecular weight is 715 g/mol. The monoisotopic (exact) mass is 714 g/mol. The molecule has 284 valence electrons. The maximum atomic E-state index is 12.5. The van der Waals surface area contributed by atoms with Crippen LogP contribution in [0.1, 0.15) is 72.1 Å². The summed E-state index contributed by atoms with van der Waals surface area (Å²) in [7, 11) is 0. The molecule has 7 aliphatic rings. The molecule has 0 amide bonds. The van der Waals surface area contributed by atoms with E-state index in [0.717, 1.165) is 5.57 Å². The van der Waals surface area contributed by atoms with E-state index in [0.29, 0.717) is 44.9 Å². The van der Waals surface area contributed by atoms with Gasteiger partial charge in [-0.05, 0) is 75.2 Å². The van der Waals surface area contributed by atoms with Gasteiger partial charge >= 0.3 is 5.97 Å². The lowest BCUT2D eigenvalue weighted by molar-refractivity contribution is -0.362. The van der Waals surface area contributed by atoms with E-state index in [2.05, 4.69) is 0 Å². The normalized spacial score (nSPS) is 56.6. The Labute approximate surface area is 290 Å². The Morgan fingerprint density at radius 3 is 2.20 bits per heavy atom. The molecule has 7 rings (SSSR count). The van der Waals surface area contributed by atoms with Gasteiger partial charge in [-0.25, -0.2) is 4.79 Å². The van der Waals surface area contributed by atoms with Crippen molar-refractivity contribution < 1.29 is 74.4 Å². The van der Waals surface area contributed by atoms with Crippen molar-refractivity contribution in [2.24, 2.45) is 28.6 Å². The summed E-state index contributed by atoms with van der Waals surface area (Å²) in [5.41, 5.74) is -2.89. The van der Waals surface area contributed by atoms with Gasteiger partial charge in [0, 0.05) is 23.3 Å². The average Bonchev–Trinajstić information content (AvgIpc) is 3.61. The van der Waals surface area contributed by atoms with Crippen LogP contribution in [0.15, 0.2) is 11.6 Å². The molecule has 9 N–H and O–H groups in total. The largest absolute Gasteiger partial charge is 0.458 e.